The Bertz CT molecular complexity index is 546. The molecule has 0 saturated carbocycles. The third kappa shape index (κ3) is 1.56. The van der Waals surface area contributed by atoms with Crippen LogP contribution in [-0.4, -0.2) is 6.29 Å². The van der Waals surface area contributed by atoms with Gasteiger partial charge in [-0.05, 0) is 47.6 Å². The number of aldehydes is 1. The van der Waals surface area contributed by atoms with Crippen LogP contribution in [0.3, 0.4) is 0 Å². The van der Waals surface area contributed by atoms with E-state index in [-0.39, 0.29) is 0 Å². The van der Waals surface area contributed by atoms with E-state index in [1.54, 1.807) is 22.7 Å². The van der Waals surface area contributed by atoms with Gasteiger partial charge in [-0.25, -0.2) is 0 Å². The summed E-state index contributed by atoms with van der Waals surface area (Å²) < 4.78 is 0. The van der Waals surface area contributed by atoms with Crippen LogP contribution in [0.4, 0.5) is 0 Å². The average molecular weight is 246 g/mol. The number of carbonyl (C=O) groups excluding carboxylic acids is 1. The molecule has 0 fully saturated rings. The number of thiophene rings is 2. The zero-order chi connectivity index (χ0) is 11.0. The summed E-state index contributed by atoms with van der Waals surface area (Å²) in [4.78, 5) is 14.6. The van der Waals surface area contributed by atoms with Crippen LogP contribution >= 0.6 is 22.7 Å². The third-order valence-corrected chi connectivity index (χ3v) is 5.05. The lowest BCUT2D eigenvalue weighted by molar-refractivity contribution is -0.105. The quantitative estimate of drug-likeness (QED) is 0.741. The van der Waals surface area contributed by atoms with Crippen LogP contribution in [0.15, 0.2) is 35.2 Å². The molecule has 16 heavy (non-hydrogen) atoms. The molecule has 0 spiro atoms. The van der Waals surface area contributed by atoms with Crippen molar-refractivity contribution in [3.05, 3.63) is 40.1 Å². The fourth-order valence-electron chi connectivity index (χ4n) is 1.86. The summed E-state index contributed by atoms with van der Waals surface area (Å²) in [5.74, 6) is 0. The van der Waals surface area contributed by atoms with Crippen molar-refractivity contribution in [3.8, 4) is 9.75 Å². The summed E-state index contributed by atoms with van der Waals surface area (Å²) in [6, 6.07) is 8.49. The van der Waals surface area contributed by atoms with Gasteiger partial charge >= 0.3 is 0 Å². The Morgan fingerprint density at radius 1 is 1.06 bits per heavy atom. The molecule has 3 rings (SSSR count). The molecule has 80 valence electrons. The Morgan fingerprint density at radius 2 is 1.94 bits per heavy atom. The molecule has 0 amide bonds. The van der Waals surface area contributed by atoms with E-state index in [0.29, 0.717) is 0 Å². The van der Waals surface area contributed by atoms with E-state index in [0.717, 1.165) is 24.7 Å². The van der Waals surface area contributed by atoms with Gasteiger partial charge in [-0.2, -0.15) is 0 Å². The molecular weight excluding hydrogens is 236 g/mol. The minimum Gasteiger partial charge on any atom is -0.298 e. The normalized spacial score (nSPS) is 15.0. The highest BCUT2D eigenvalue weighted by Crippen LogP contribution is 2.41. The second-order valence-corrected chi connectivity index (χ2v) is 5.79. The molecule has 1 aliphatic rings. The summed E-state index contributed by atoms with van der Waals surface area (Å²) in [6.45, 7) is 0. The second-order valence-electron chi connectivity index (χ2n) is 3.76. The van der Waals surface area contributed by atoms with Gasteiger partial charge in [-0.1, -0.05) is 6.07 Å². The van der Waals surface area contributed by atoms with Gasteiger partial charge in [0, 0.05) is 14.6 Å². The molecule has 0 bridgehead atoms. The van der Waals surface area contributed by atoms with Crippen LogP contribution < -0.4 is 0 Å². The van der Waals surface area contributed by atoms with E-state index in [2.05, 4.69) is 29.6 Å². The van der Waals surface area contributed by atoms with E-state index < -0.39 is 0 Å². The molecule has 0 unspecified atom stereocenters. The lowest BCUT2D eigenvalue weighted by Crippen LogP contribution is -2.02. The van der Waals surface area contributed by atoms with Crippen molar-refractivity contribution in [2.75, 3.05) is 0 Å². The van der Waals surface area contributed by atoms with Crippen molar-refractivity contribution in [3.63, 3.8) is 0 Å². The first kappa shape index (κ1) is 10.00. The first-order valence-corrected chi connectivity index (χ1v) is 6.89. The Kier molecular flexibility index (Phi) is 2.50. The SMILES string of the molecule is O=CC1=C(c2ccc(-c3cccs3)s2)CC1. The maximum Gasteiger partial charge on any atom is 0.146 e. The Balaban J connectivity index is 1.98. The third-order valence-electron chi connectivity index (χ3n) is 2.84. The molecular formula is C13H10OS2. The molecule has 2 heterocycles. The van der Waals surface area contributed by atoms with Crippen molar-refractivity contribution in [2.45, 2.75) is 12.8 Å². The average Bonchev–Trinajstić information content (AvgIpc) is 2.84. The number of rotatable bonds is 3. The Morgan fingerprint density at radius 3 is 2.56 bits per heavy atom. The highest BCUT2D eigenvalue weighted by molar-refractivity contribution is 7.21. The van der Waals surface area contributed by atoms with Crippen LogP contribution in [0.1, 0.15) is 17.7 Å². The fraction of sp³-hybridized carbons (Fsp3) is 0.154. The molecule has 1 aliphatic carbocycles. The first-order chi connectivity index (χ1) is 7.88. The molecule has 0 aliphatic heterocycles. The van der Waals surface area contributed by atoms with Crippen LogP contribution in [0.5, 0.6) is 0 Å². The molecule has 0 aromatic carbocycles. The second kappa shape index (κ2) is 4.00. The van der Waals surface area contributed by atoms with Gasteiger partial charge in [-0.15, -0.1) is 22.7 Å². The van der Waals surface area contributed by atoms with E-state index >= 15 is 0 Å². The molecule has 1 nitrogen and oxygen atoms in total. The van der Waals surface area contributed by atoms with Crippen LogP contribution in [0, 0.1) is 0 Å². The Hall–Kier alpha value is -1.19. The highest BCUT2D eigenvalue weighted by atomic mass is 32.1. The van der Waals surface area contributed by atoms with Crippen molar-refractivity contribution in [1.82, 2.24) is 0 Å². The number of carbonyl (C=O) groups is 1. The number of hydrogen-bond acceptors (Lipinski definition) is 3. The summed E-state index contributed by atoms with van der Waals surface area (Å²) in [5.41, 5.74) is 2.24. The van der Waals surface area contributed by atoms with E-state index in [1.807, 2.05) is 0 Å². The van der Waals surface area contributed by atoms with Crippen LogP contribution in [0.2, 0.25) is 0 Å². The van der Waals surface area contributed by atoms with E-state index in [1.165, 1.54) is 20.2 Å². The molecule has 0 saturated heterocycles. The van der Waals surface area contributed by atoms with E-state index in [9.17, 15) is 4.79 Å². The van der Waals surface area contributed by atoms with Crippen molar-refractivity contribution in [1.29, 1.82) is 0 Å². The van der Waals surface area contributed by atoms with Gasteiger partial charge in [-0.3, -0.25) is 4.79 Å². The van der Waals surface area contributed by atoms with Crippen LogP contribution in [0.25, 0.3) is 15.3 Å². The maximum atomic E-state index is 10.8. The van der Waals surface area contributed by atoms with Crippen LogP contribution in [-0.2, 0) is 4.79 Å². The standard InChI is InChI=1S/C13H10OS2/c14-8-9-3-4-10(9)11-5-6-13(16-11)12-2-1-7-15-12/h1-2,5-8H,3-4H2. The highest BCUT2D eigenvalue weighted by Gasteiger charge is 2.19. The van der Waals surface area contributed by atoms with Crippen molar-refractivity contribution >= 4 is 34.5 Å². The zero-order valence-electron chi connectivity index (χ0n) is 8.60. The first-order valence-electron chi connectivity index (χ1n) is 5.20. The summed E-state index contributed by atoms with van der Waals surface area (Å²) in [6.07, 6.45) is 3.01. The number of hydrogen-bond donors (Lipinski definition) is 0. The summed E-state index contributed by atoms with van der Waals surface area (Å²) >= 11 is 3.55. The molecule has 2 aromatic heterocycles. The van der Waals surface area contributed by atoms with Crippen molar-refractivity contribution in [2.24, 2.45) is 0 Å². The molecule has 3 heteroatoms. The van der Waals surface area contributed by atoms with Gasteiger partial charge < -0.3 is 0 Å². The summed E-state index contributed by atoms with van der Waals surface area (Å²) in [7, 11) is 0. The van der Waals surface area contributed by atoms with Gasteiger partial charge in [0.1, 0.15) is 6.29 Å². The minimum atomic E-state index is 0.949. The fourth-order valence-corrected chi connectivity index (χ4v) is 3.81. The predicted octanol–water partition coefficient (Wildman–Crippen LogP) is 4.22. The molecule has 0 atom stereocenters. The predicted molar refractivity (Wildman–Crippen MR) is 69.9 cm³/mol. The number of allylic oxidation sites excluding steroid dienone is 2. The van der Waals surface area contributed by atoms with Crippen molar-refractivity contribution < 1.29 is 4.79 Å². The summed E-state index contributed by atoms with van der Waals surface area (Å²) in [5, 5.41) is 2.09. The Labute approximate surface area is 102 Å². The molecule has 0 radical (unpaired) electrons. The monoisotopic (exact) mass is 246 g/mol. The van der Waals surface area contributed by atoms with E-state index in [4.69, 9.17) is 0 Å². The maximum absolute atomic E-state index is 10.8. The zero-order valence-corrected chi connectivity index (χ0v) is 10.2. The largest absolute Gasteiger partial charge is 0.298 e. The van der Waals surface area contributed by atoms with Gasteiger partial charge in [0.2, 0.25) is 0 Å². The lowest BCUT2D eigenvalue weighted by atomic mass is 9.88. The minimum absolute atomic E-state index is 0.949. The smallest absolute Gasteiger partial charge is 0.146 e. The lowest BCUT2D eigenvalue weighted by Gasteiger charge is -2.17. The molecule has 0 N–H and O–H groups in total. The van der Waals surface area contributed by atoms with Gasteiger partial charge in [0.15, 0.2) is 0 Å². The van der Waals surface area contributed by atoms with Gasteiger partial charge in [0.25, 0.3) is 0 Å². The van der Waals surface area contributed by atoms with Gasteiger partial charge in [0.05, 0.1) is 0 Å². The topological polar surface area (TPSA) is 17.1 Å². The molecule has 2 aromatic rings.